The van der Waals surface area contributed by atoms with Crippen molar-refractivity contribution < 1.29 is 0 Å². The van der Waals surface area contributed by atoms with Crippen molar-refractivity contribution >= 4 is 133 Å². The zero-order chi connectivity index (χ0) is 17.5. The van der Waals surface area contributed by atoms with Crippen molar-refractivity contribution in [2.24, 2.45) is 0 Å². The molecule has 1 aromatic carbocycles. The quantitative estimate of drug-likeness (QED) is 0.157. The maximum absolute atomic E-state index is 6.84. The van der Waals surface area contributed by atoms with Crippen molar-refractivity contribution in [2.75, 3.05) is 0 Å². The van der Waals surface area contributed by atoms with Gasteiger partial charge in [0.1, 0.15) is 4.87 Å². The molecule has 0 amide bonds. The average Bonchev–Trinajstić information content (AvgIpc) is 2.74. The van der Waals surface area contributed by atoms with Crippen LogP contribution in [0, 0.1) is 0 Å². The van der Waals surface area contributed by atoms with Gasteiger partial charge in [0.25, 0.3) is 0 Å². The van der Waals surface area contributed by atoms with Gasteiger partial charge in [0.2, 0.25) is 0 Å². The number of fused-ring (bicyclic) bond motifs is 2. The van der Waals surface area contributed by atoms with E-state index < -0.39 is 20.0 Å². The van der Waals surface area contributed by atoms with Crippen LogP contribution in [0.25, 0.3) is 0 Å². The second kappa shape index (κ2) is 6.32. The molecule has 0 heterocycles. The molecule has 3 atom stereocenters. The number of allylic oxidation sites excluding steroid dienone is 2. The van der Waals surface area contributed by atoms with E-state index in [0.29, 0.717) is 5.03 Å². The summed E-state index contributed by atoms with van der Waals surface area (Å²) in [5, 5.41) is 0.503. The van der Waals surface area contributed by atoms with Crippen molar-refractivity contribution in [2.45, 2.75) is 26.4 Å². The second-order valence-electron chi connectivity index (χ2n) is 5.41. The maximum atomic E-state index is 6.84. The Kier molecular flexibility index (Phi) is 5.59. The molecule has 10 heteroatoms. The summed E-state index contributed by atoms with van der Waals surface area (Å²) in [5.74, 6) is -0.567. The van der Waals surface area contributed by atoms with Crippen LogP contribution in [-0.4, -0.2) is 14.1 Å². The van der Waals surface area contributed by atoms with Crippen LogP contribution in [0.4, 0.5) is 0 Å². The van der Waals surface area contributed by atoms with Crippen molar-refractivity contribution in [1.82, 2.24) is 0 Å². The van der Waals surface area contributed by atoms with E-state index in [1.54, 1.807) is 0 Å². The molecular formula is C13H4Br4Cl6. The minimum absolute atomic E-state index is 0.212. The van der Waals surface area contributed by atoms with E-state index in [1.807, 2.05) is 6.07 Å². The lowest BCUT2D eigenvalue weighted by Gasteiger charge is -2.41. The van der Waals surface area contributed by atoms with Crippen LogP contribution < -0.4 is 0 Å². The number of rotatable bonds is 1. The van der Waals surface area contributed by atoms with Gasteiger partial charge in [0.15, 0.2) is 4.33 Å². The monoisotopic (exact) mass is 686 g/mol. The van der Waals surface area contributed by atoms with Crippen LogP contribution in [0.3, 0.4) is 0 Å². The standard InChI is InChI=1S/C13H4Br4Cl6/c14-4-1-3(5(15)7(17)6(4)16)8-11(20)2-12(21,13(8,22)23)10(19)9(11)18/h1,8H,2H2. The van der Waals surface area contributed by atoms with Crippen LogP contribution in [-0.2, 0) is 0 Å². The van der Waals surface area contributed by atoms with E-state index in [0.717, 1.165) is 23.5 Å². The Hall–Kier alpha value is 2.62. The maximum Gasteiger partial charge on any atom is 0.151 e. The molecule has 0 saturated heterocycles. The van der Waals surface area contributed by atoms with Gasteiger partial charge in [-0.2, -0.15) is 0 Å². The molecule has 0 radical (unpaired) electrons. The number of hydrogen-bond acceptors (Lipinski definition) is 0. The first-order valence-electron chi connectivity index (χ1n) is 6.04. The lowest BCUT2D eigenvalue weighted by atomic mass is 9.85. The van der Waals surface area contributed by atoms with Crippen LogP contribution in [0.2, 0.25) is 0 Å². The highest BCUT2D eigenvalue weighted by Crippen LogP contribution is 2.75. The minimum atomic E-state index is -1.43. The lowest BCUT2D eigenvalue weighted by Crippen LogP contribution is -2.44. The normalized spacial score (nSPS) is 35.3. The summed E-state index contributed by atoms with van der Waals surface area (Å²) in [5.41, 5.74) is 0.775. The van der Waals surface area contributed by atoms with E-state index in [4.69, 9.17) is 69.6 Å². The number of benzene rings is 1. The average molecular weight is 693 g/mol. The fourth-order valence-corrected chi connectivity index (χ4v) is 8.41. The Morgan fingerprint density at radius 2 is 1.43 bits per heavy atom. The topological polar surface area (TPSA) is 0 Å². The highest BCUT2D eigenvalue weighted by atomic mass is 79.9. The smallest absolute Gasteiger partial charge is 0.112 e. The minimum Gasteiger partial charge on any atom is -0.112 e. The third kappa shape index (κ3) is 2.60. The summed E-state index contributed by atoms with van der Waals surface area (Å²) in [6, 6.07) is 1.88. The SMILES string of the molecule is ClC1=C(Cl)C2(Cl)CC1(Cl)C(c1cc(Br)c(Br)c(Br)c1Br)C2(Cl)Cl. The number of hydrogen-bond donors (Lipinski definition) is 0. The molecule has 1 aromatic rings. The predicted octanol–water partition coefficient (Wildman–Crippen LogP) is 9.06. The summed E-state index contributed by atoms with van der Waals surface area (Å²) >= 11 is 53.6. The Bertz CT molecular complexity index is 763. The van der Waals surface area contributed by atoms with Gasteiger partial charge in [-0.15, -0.1) is 23.2 Å². The Morgan fingerprint density at radius 1 is 0.870 bits per heavy atom. The second-order valence-corrected chi connectivity index (χ2v) is 12.1. The summed E-state index contributed by atoms with van der Waals surface area (Å²) < 4.78 is 1.78. The van der Waals surface area contributed by atoms with Crippen LogP contribution >= 0.6 is 133 Å². The summed E-state index contributed by atoms with van der Waals surface area (Å²) in [4.78, 5) is -2.30. The van der Waals surface area contributed by atoms with E-state index in [1.165, 1.54) is 0 Å². The van der Waals surface area contributed by atoms with Gasteiger partial charge in [-0.1, -0.05) is 46.4 Å². The summed E-state index contributed by atoms with van der Waals surface area (Å²) in [6.07, 6.45) is 0.246. The molecule has 0 spiro atoms. The van der Waals surface area contributed by atoms with Crippen molar-refractivity contribution in [3.63, 3.8) is 0 Å². The molecule has 3 unspecified atom stereocenters. The first-order chi connectivity index (χ1) is 10.4. The van der Waals surface area contributed by atoms with Gasteiger partial charge in [0.05, 0.1) is 14.9 Å². The molecule has 2 aliphatic rings. The van der Waals surface area contributed by atoms with E-state index in [2.05, 4.69) is 63.7 Å². The fraction of sp³-hybridized carbons (Fsp3) is 0.385. The molecule has 126 valence electrons. The molecule has 3 rings (SSSR count). The predicted molar refractivity (Wildman–Crippen MR) is 115 cm³/mol. The van der Waals surface area contributed by atoms with Crippen molar-refractivity contribution in [3.05, 3.63) is 39.6 Å². The third-order valence-electron chi connectivity index (χ3n) is 4.20. The summed E-state index contributed by atoms with van der Waals surface area (Å²) in [6.45, 7) is 0. The lowest BCUT2D eigenvalue weighted by molar-refractivity contribution is 0.573. The molecule has 1 fully saturated rings. The first-order valence-corrected chi connectivity index (χ1v) is 11.5. The van der Waals surface area contributed by atoms with Crippen LogP contribution in [0.1, 0.15) is 17.9 Å². The Labute approximate surface area is 197 Å². The number of halogens is 10. The molecule has 23 heavy (non-hydrogen) atoms. The molecule has 0 aliphatic heterocycles. The van der Waals surface area contributed by atoms with E-state index in [9.17, 15) is 0 Å². The number of alkyl halides is 4. The third-order valence-corrected chi connectivity index (χ3v) is 12.7. The van der Waals surface area contributed by atoms with E-state index >= 15 is 0 Å². The largest absolute Gasteiger partial charge is 0.151 e. The molecule has 2 bridgehead atoms. The first kappa shape index (κ1) is 20.4. The highest BCUT2D eigenvalue weighted by molar-refractivity contribution is 9.15. The highest BCUT2D eigenvalue weighted by Gasteiger charge is 2.76. The van der Waals surface area contributed by atoms with Gasteiger partial charge >= 0.3 is 0 Å². The molecule has 2 aliphatic carbocycles. The molecule has 0 N–H and O–H groups in total. The van der Waals surface area contributed by atoms with Crippen LogP contribution in [0.15, 0.2) is 34.0 Å². The fourth-order valence-electron chi connectivity index (χ4n) is 3.12. The Morgan fingerprint density at radius 3 is 1.96 bits per heavy atom. The molecule has 0 nitrogen and oxygen atoms in total. The van der Waals surface area contributed by atoms with Crippen LogP contribution in [0.5, 0.6) is 0 Å². The molecular weight excluding hydrogens is 688 g/mol. The van der Waals surface area contributed by atoms with Crippen molar-refractivity contribution in [3.8, 4) is 0 Å². The zero-order valence-electron chi connectivity index (χ0n) is 10.6. The Balaban J connectivity index is 2.31. The zero-order valence-corrected chi connectivity index (χ0v) is 21.5. The van der Waals surface area contributed by atoms with Gasteiger partial charge in [-0.05, 0) is 81.8 Å². The van der Waals surface area contributed by atoms with Gasteiger partial charge in [-0.3, -0.25) is 0 Å². The van der Waals surface area contributed by atoms with E-state index in [-0.39, 0.29) is 11.5 Å². The van der Waals surface area contributed by atoms with Gasteiger partial charge in [-0.25, -0.2) is 0 Å². The van der Waals surface area contributed by atoms with Crippen molar-refractivity contribution in [1.29, 1.82) is 0 Å². The molecule has 0 aromatic heterocycles. The van der Waals surface area contributed by atoms with Gasteiger partial charge < -0.3 is 0 Å². The summed E-state index contributed by atoms with van der Waals surface area (Å²) in [7, 11) is 0. The molecule has 1 saturated carbocycles. The van der Waals surface area contributed by atoms with Gasteiger partial charge in [0, 0.05) is 23.8 Å².